The lowest BCUT2D eigenvalue weighted by atomic mass is 10.2. The van der Waals surface area contributed by atoms with Crippen LogP contribution in [0.15, 0.2) is 53.4 Å². The van der Waals surface area contributed by atoms with E-state index in [0.29, 0.717) is 16.2 Å². The highest BCUT2D eigenvalue weighted by Crippen LogP contribution is 2.28. The second-order valence-corrected chi connectivity index (χ2v) is 6.51. The van der Waals surface area contributed by atoms with Crippen LogP contribution in [0.2, 0.25) is 0 Å². The summed E-state index contributed by atoms with van der Waals surface area (Å²) in [5.41, 5.74) is 0.780. The number of esters is 1. The van der Waals surface area contributed by atoms with Gasteiger partial charge in [0.1, 0.15) is 5.82 Å². The van der Waals surface area contributed by atoms with Gasteiger partial charge in [-0.3, -0.25) is 10.1 Å². The maximum absolute atomic E-state index is 13.8. The predicted molar refractivity (Wildman–Crippen MR) is 99.9 cm³/mol. The Morgan fingerprint density at radius 2 is 1.78 bits per heavy atom. The molecule has 0 bridgehead atoms. The van der Waals surface area contributed by atoms with Gasteiger partial charge in [0, 0.05) is 17.7 Å². The van der Waals surface area contributed by atoms with Gasteiger partial charge >= 0.3 is 12.0 Å². The number of amides is 3. The topological polar surface area (TPSA) is 84.5 Å². The van der Waals surface area contributed by atoms with Crippen LogP contribution in [0, 0.1) is 5.82 Å². The molecule has 8 heteroatoms. The average molecular weight is 390 g/mol. The summed E-state index contributed by atoms with van der Waals surface area (Å²) in [6.07, 6.45) is -1.15. The van der Waals surface area contributed by atoms with Crippen LogP contribution in [0.1, 0.15) is 22.8 Å². The Hall–Kier alpha value is -2.87. The molecule has 0 heterocycles. The first-order chi connectivity index (χ1) is 12.9. The number of hydrogen-bond acceptors (Lipinski definition) is 5. The molecular formula is C19H19FN2O4S. The first-order valence-corrected chi connectivity index (χ1v) is 9.09. The first-order valence-electron chi connectivity index (χ1n) is 8.11. The molecule has 1 atom stereocenters. The van der Waals surface area contributed by atoms with E-state index in [1.165, 1.54) is 31.8 Å². The molecule has 3 amide bonds. The molecule has 0 spiro atoms. The Kier molecular flexibility index (Phi) is 7.36. The molecule has 0 saturated heterocycles. The van der Waals surface area contributed by atoms with Crippen LogP contribution >= 0.6 is 11.8 Å². The predicted octanol–water partition coefficient (Wildman–Crippen LogP) is 3.12. The van der Waals surface area contributed by atoms with Gasteiger partial charge in [0.2, 0.25) is 0 Å². The number of imide groups is 1. The van der Waals surface area contributed by atoms with Crippen molar-refractivity contribution in [2.75, 3.05) is 7.05 Å². The number of hydrogen-bond donors (Lipinski definition) is 2. The van der Waals surface area contributed by atoms with Crippen molar-refractivity contribution < 1.29 is 23.5 Å². The minimum atomic E-state index is -1.15. The fraction of sp³-hybridized carbons (Fsp3) is 0.211. The number of benzene rings is 2. The number of carbonyl (C=O) groups is 3. The van der Waals surface area contributed by atoms with Crippen molar-refractivity contribution in [1.82, 2.24) is 10.6 Å². The summed E-state index contributed by atoms with van der Waals surface area (Å²) in [6, 6.07) is 12.4. The molecule has 27 heavy (non-hydrogen) atoms. The lowest BCUT2D eigenvalue weighted by Crippen LogP contribution is -2.43. The zero-order chi connectivity index (χ0) is 19.8. The second-order valence-electron chi connectivity index (χ2n) is 5.49. The monoisotopic (exact) mass is 390 g/mol. The third kappa shape index (κ3) is 5.82. The molecule has 142 valence electrons. The normalized spacial score (nSPS) is 11.4. The van der Waals surface area contributed by atoms with E-state index in [1.54, 1.807) is 42.5 Å². The van der Waals surface area contributed by atoms with Gasteiger partial charge in [-0.25, -0.2) is 14.0 Å². The zero-order valence-corrected chi connectivity index (χ0v) is 15.6. The number of ether oxygens (including phenoxy) is 1. The molecule has 0 aromatic heterocycles. The average Bonchev–Trinajstić information content (AvgIpc) is 2.67. The van der Waals surface area contributed by atoms with Crippen molar-refractivity contribution in [3.8, 4) is 0 Å². The van der Waals surface area contributed by atoms with Crippen molar-refractivity contribution in [3.05, 3.63) is 65.5 Å². The van der Waals surface area contributed by atoms with Crippen molar-refractivity contribution in [3.63, 3.8) is 0 Å². The van der Waals surface area contributed by atoms with Gasteiger partial charge < -0.3 is 10.1 Å². The molecule has 0 fully saturated rings. The van der Waals surface area contributed by atoms with Crippen LogP contribution in [-0.2, 0) is 15.3 Å². The largest absolute Gasteiger partial charge is 0.449 e. The molecule has 0 unspecified atom stereocenters. The van der Waals surface area contributed by atoms with Crippen molar-refractivity contribution in [2.24, 2.45) is 0 Å². The number of nitrogens with one attached hydrogen (secondary N) is 2. The van der Waals surface area contributed by atoms with Gasteiger partial charge in [-0.15, -0.1) is 11.8 Å². The van der Waals surface area contributed by atoms with E-state index in [4.69, 9.17) is 4.74 Å². The molecule has 2 aromatic carbocycles. The van der Waals surface area contributed by atoms with Crippen LogP contribution in [0.3, 0.4) is 0 Å². The fourth-order valence-electron chi connectivity index (χ4n) is 2.09. The summed E-state index contributed by atoms with van der Waals surface area (Å²) in [7, 11) is 1.36. The smallest absolute Gasteiger partial charge is 0.340 e. The van der Waals surface area contributed by atoms with E-state index in [-0.39, 0.29) is 11.4 Å². The van der Waals surface area contributed by atoms with E-state index in [1.807, 2.05) is 5.32 Å². The second kappa shape index (κ2) is 9.72. The van der Waals surface area contributed by atoms with Crippen molar-refractivity contribution >= 4 is 29.7 Å². The lowest BCUT2D eigenvalue weighted by molar-refractivity contribution is -0.127. The Balaban J connectivity index is 2.05. The van der Waals surface area contributed by atoms with E-state index in [2.05, 4.69) is 5.32 Å². The number of thioether (sulfide) groups is 1. The highest BCUT2D eigenvalue weighted by molar-refractivity contribution is 7.98. The van der Waals surface area contributed by atoms with Gasteiger partial charge in [-0.1, -0.05) is 30.3 Å². The van der Waals surface area contributed by atoms with Crippen LogP contribution < -0.4 is 10.6 Å². The third-order valence-electron chi connectivity index (χ3n) is 3.56. The third-order valence-corrected chi connectivity index (χ3v) is 4.69. The van der Waals surface area contributed by atoms with Gasteiger partial charge in [0.15, 0.2) is 6.10 Å². The van der Waals surface area contributed by atoms with Crippen LogP contribution in [0.4, 0.5) is 9.18 Å². The molecule has 0 aliphatic carbocycles. The number of urea groups is 1. The SMILES string of the molecule is CNC(=O)NC(=O)[C@H](C)OC(=O)c1ccccc1SCc1ccccc1F. The Morgan fingerprint density at radius 3 is 2.48 bits per heavy atom. The summed E-state index contributed by atoms with van der Waals surface area (Å²) in [5, 5.41) is 4.28. The van der Waals surface area contributed by atoms with E-state index in [0.717, 1.165) is 0 Å². The summed E-state index contributed by atoms with van der Waals surface area (Å²) in [4.78, 5) is 36.0. The molecule has 2 N–H and O–H groups in total. The van der Waals surface area contributed by atoms with Gasteiger partial charge in [0.05, 0.1) is 5.56 Å². The number of carbonyl (C=O) groups excluding carboxylic acids is 3. The minimum absolute atomic E-state index is 0.262. The van der Waals surface area contributed by atoms with E-state index in [9.17, 15) is 18.8 Å². The highest BCUT2D eigenvalue weighted by atomic mass is 32.2. The Bertz CT molecular complexity index is 844. The van der Waals surface area contributed by atoms with Crippen LogP contribution in [0.5, 0.6) is 0 Å². The van der Waals surface area contributed by atoms with Crippen molar-refractivity contribution in [1.29, 1.82) is 0 Å². The first kappa shape index (κ1) is 20.4. The number of rotatable bonds is 6. The standard InChI is InChI=1S/C19H19FN2O4S/c1-12(17(23)22-19(25)21-2)26-18(24)14-8-4-6-10-16(14)27-11-13-7-3-5-9-15(13)20/h3-10,12H,11H2,1-2H3,(H2,21,22,23,25)/t12-/m0/s1. The molecule has 0 saturated carbocycles. The quantitative estimate of drug-likeness (QED) is 0.585. The molecular weight excluding hydrogens is 371 g/mol. The molecule has 0 radical (unpaired) electrons. The molecule has 0 aliphatic heterocycles. The van der Waals surface area contributed by atoms with Gasteiger partial charge in [-0.2, -0.15) is 0 Å². The van der Waals surface area contributed by atoms with Gasteiger partial charge in [0.25, 0.3) is 5.91 Å². The highest BCUT2D eigenvalue weighted by Gasteiger charge is 2.22. The summed E-state index contributed by atoms with van der Waals surface area (Å²) < 4.78 is 18.9. The Morgan fingerprint density at radius 1 is 1.11 bits per heavy atom. The van der Waals surface area contributed by atoms with Crippen molar-refractivity contribution in [2.45, 2.75) is 23.7 Å². The maximum Gasteiger partial charge on any atom is 0.340 e. The van der Waals surface area contributed by atoms with Gasteiger partial charge in [-0.05, 0) is 30.7 Å². The number of halogens is 1. The molecule has 0 aliphatic rings. The Labute approximate surface area is 160 Å². The lowest BCUT2D eigenvalue weighted by Gasteiger charge is -2.14. The molecule has 6 nitrogen and oxygen atoms in total. The summed E-state index contributed by atoms with van der Waals surface area (Å²) >= 11 is 1.29. The molecule has 2 rings (SSSR count). The fourth-order valence-corrected chi connectivity index (χ4v) is 3.11. The summed E-state index contributed by atoms with van der Waals surface area (Å²) in [5.74, 6) is -1.42. The van der Waals surface area contributed by atoms with E-state index < -0.39 is 24.0 Å². The minimum Gasteiger partial charge on any atom is -0.449 e. The van der Waals surface area contributed by atoms with Crippen LogP contribution in [-0.4, -0.2) is 31.1 Å². The van der Waals surface area contributed by atoms with Crippen LogP contribution in [0.25, 0.3) is 0 Å². The molecule has 2 aromatic rings. The van der Waals surface area contributed by atoms with E-state index >= 15 is 0 Å². The zero-order valence-electron chi connectivity index (χ0n) is 14.8. The summed E-state index contributed by atoms with van der Waals surface area (Å²) in [6.45, 7) is 1.37. The maximum atomic E-state index is 13.8.